The molecule has 0 aromatic heterocycles. The van der Waals surface area contributed by atoms with Gasteiger partial charge in [-0.2, -0.15) is 5.26 Å². The lowest BCUT2D eigenvalue weighted by Crippen LogP contribution is -2.42. The number of nitrogens with zero attached hydrogens (tertiary/aromatic N) is 1. The van der Waals surface area contributed by atoms with Crippen LogP contribution in [0.2, 0.25) is 0 Å². The fourth-order valence-corrected chi connectivity index (χ4v) is 1.49. The molecule has 5 heteroatoms. The van der Waals surface area contributed by atoms with Crippen LogP contribution < -0.4 is 11.1 Å². The van der Waals surface area contributed by atoms with Gasteiger partial charge in [0.25, 0.3) is 0 Å². The Kier molecular flexibility index (Phi) is 5.68. The number of carbonyl (C=O) groups excluding carboxylic acids is 1. The predicted molar refractivity (Wildman–Crippen MR) is 67.6 cm³/mol. The van der Waals surface area contributed by atoms with Crippen molar-refractivity contribution in [1.29, 1.82) is 5.26 Å². The average Bonchev–Trinajstić information content (AvgIpc) is 2.37. The molecule has 1 atom stereocenters. The van der Waals surface area contributed by atoms with E-state index in [4.69, 9.17) is 16.1 Å². The van der Waals surface area contributed by atoms with Gasteiger partial charge in [0.05, 0.1) is 12.1 Å². The van der Waals surface area contributed by atoms with Crippen LogP contribution in [-0.4, -0.2) is 23.6 Å². The molecule has 4 N–H and O–H groups in total. The molecule has 0 saturated carbocycles. The Labute approximate surface area is 106 Å². The van der Waals surface area contributed by atoms with Crippen molar-refractivity contribution in [2.75, 3.05) is 6.54 Å². The third-order valence-corrected chi connectivity index (χ3v) is 2.49. The number of aromatic hydroxyl groups is 1. The molecule has 0 saturated heterocycles. The molecule has 0 spiro atoms. The smallest absolute Gasteiger partial charge is 0.237 e. The summed E-state index contributed by atoms with van der Waals surface area (Å²) >= 11 is 0. The highest BCUT2D eigenvalue weighted by atomic mass is 16.3. The van der Waals surface area contributed by atoms with Gasteiger partial charge in [0, 0.05) is 13.0 Å². The first kappa shape index (κ1) is 14.0. The molecular formula is C13H17N3O2. The fourth-order valence-electron chi connectivity index (χ4n) is 1.49. The summed E-state index contributed by atoms with van der Waals surface area (Å²) in [6, 6.07) is 7.99. The number of nitrogens with two attached hydrogens (primary N) is 1. The van der Waals surface area contributed by atoms with Crippen LogP contribution in [0.4, 0.5) is 0 Å². The molecule has 18 heavy (non-hydrogen) atoms. The van der Waals surface area contributed by atoms with Gasteiger partial charge in [-0.05, 0) is 30.5 Å². The van der Waals surface area contributed by atoms with E-state index in [9.17, 15) is 4.79 Å². The second kappa shape index (κ2) is 7.30. The van der Waals surface area contributed by atoms with Crippen molar-refractivity contribution >= 4 is 5.91 Å². The normalized spacial score (nSPS) is 11.6. The van der Waals surface area contributed by atoms with Crippen molar-refractivity contribution in [1.82, 2.24) is 5.32 Å². The third kappa shape index (κ3) is 4.85. The Morgan fingerprint density at radius 1 is 1.44 bits per heavy atom. The number of carbonyl (C=O) groups is 1. The van der Waals surface area contributed by atoms with Crippen LogP contribution in [0.3, 0.4) is 0 Å². The Hall–Kier alpha value is -2.06. The van der Waals surface area contributed by atoms with E-state index >= 15 is 0 Å². The number of nitriles is 1. The molecule has 0 aliphatic heterocycles. The Balaban J connectivity index is 2.35. The van der Waals surface area contributed by atoms with E-state index in [0.717, 1.165) is 5.56 Å². The molecule has 1 unspecified atom stereocenters. The summed E-state index contributed by atoms with van der Waals surface area (Å²) in [7, 11) is 0. The van der Waals surface area contributed by atoms with E-state index in [1.807, 2.05) is 6.07 Å². The van der Waals surface area contributed by atoms with E-state index in [2.05, 4.69) is 5.32 Å². The largest absolute Gasteiger partial charge is 0.508 e. The van der Waals surface area contributed by atoms with Crippen molar-refractivity contribution in [3.63, 3.8) is 0 Å². The maximum Gasteiger partial charge on any atom is 0.237 e. The minimum Gasteiger partial charge on any atom is -0.508 e. The molecule has 5 nitrogen and oxygen atoms in total. The van der Waals surface area contributed by atoms with E-state index < -0.39 is 6.04 Å². The van der Waals surface area contributed by atoms with Crippen molar-refractivity contribution in [3.8, 4) is 11.8 Å². The molecule has 1 rings (SSSR count). The van der Waals surface area contributed by atoms with E-state index in [0.29, 0.717) is 25.8 Å². The summed E-state index contributed by atoms with van der Waals surface area (Å²) in [5.74, 6) is -0.0331. The van der Waals surface area contributed by atoms with E-state index in [1.165, 1.54) is 0 Å². The molecule has 96 valence electrons. The highest BCUT2D eigenvalue weighted by Gasteiger charge is 2.13. The zero-order chi connectivity index (χ0) is 13.4. The van der Waals surface area contributed by atoms with Crippen molar-refractivity contribution < 1.29 is 9.90 Å². The highest BCUT2D eigenvalue weighted by Crippen LogP contribution is 2.10. The molecule has 0 bridgehead atoms. The quantitative estimate of drug-likeness (QED) is 0.644. The zero-order valence-corrected chi connectivity index (χ0v) is 10.1. The van der Waals surface area contributed by atoms with Crippen molar-refractivity contribution in [3.05, 3.63) is 29.8 Å². The molecule has 0 fully saturated rings. The number of nitrogens with one attached hydrogen (secondary N) is 1. The lowest BCUT2D eigenvalue weighted by atomic mass is 10.1. The molecule has 1 aromatic carbocycles. The molecule has 0 aliphatic carbocycles. The van der Waals surface area contributed by atoms with Crippen molar-refractivity contribution in [2.24, 2.45) is 5.73 Å². The first-order chi connectivity index (χ1) is 8.63. The maximum atomic E-state index is 11.6. The van der Waals surface area contributed by atoms with Crippen LogP contribution in [0.15, 0.2) is 24.3 Å². The van der Waals surface area contributed by atoms with Gasteiger partial charge < -0.3 is 16.2 Å². The minimum atomic E-state index is -0.614. The number of hydrogen-bond donors (Lipinski definition) is 3. The Morgan fingerprint density at radius 2 is 2.11 bits per heavy atom. The molecule has 1 aromatic rings. The number of phenols is 1. The Morgan fingerprint density at radius 3 is 2.72 bits per heavy atom. The summed E-state index contributed by atoms with van der Waals surface area (Å²) in [6.07, 6.45) is 1.48. The van der Waals surface area contributed by atoms with Gasteiger partial charge in [0.1, 0.15) is 5.75 Å². The second-order valence-corrected chi connectivity index (χ2v) is 4.03. The Bertz CT molecular complexity index is 423. The zero-order valence-electron chi connectivity index (χ0n) is 10.1. The first-order valence-electron chi connectivity index (χ1n) is 5.81. The minimum absolute atomic E-state index is 0.188. The van der Waals surface area contributed by atoms with Gasteiger partial charge in [0.15, 0.2) is 0 Å². The number of benzene rings is 1. The molecular weight excluding hydrogens is 230 g/mol. The van der Waals surface area contributed by atoms with Gasteiger partial charge in [0.2, 0.25) is 5.91 Å². The lowest BCUT2D eigenvalue weighted by Gasteiger charge is -2.11. The average molecular weight is 247 g/mol. The van der Waals surface area contributed by atoms with Crippen LogP contribution in [0, 0.1) is 11.3 Å². The summed E-state index contributed by atoms with van der Waals surface area (Å²) < 4.78 is 0. The first-order valence-corrected chi connectivity index (χ1v) is 5.81. The maximum absolute atomic E-state index is 11.6. The van der Waals surface area contributed by atoms with Crippen LogP contribution in [0.1, 0.15) is 18.4 Å². The summed E-state index contributed by atoms with van der Waals surface area (Å²) in [5, 5.41) is 20.2. The van der Waals surface area contributed by atoms with Crippen LogP contribution in [-0.2, 0) is 11.2 Å². The summed E-state index contributed by atoms with van der Waals surface area (Å²) in [5.41, 5.74) is 6.66. The SMILES string of the molecule is N#CCCCNC(=O)C(N)Cc1ccc(O)cc1. The number of rotatable bonds is 6. The fraction of sp³-hybridized carbons (Fsp3) is 0.385. The van der Waals surface area contributed by atoms with Crippen LogP contribution in [0.25, 0.3) is 0 Å². The predicted octanol–water partition coefficient (Wildman–Crippen LogP) is 0.682. The molecule has 1 amide bonds. The van der Waals surface area contributed by atoms with Crippen molar-refractivity contribution in [2.45, 2.75) is 25.3 Å². The molecule has 0 aliphatic rings. The topological polar surface area (TPSA) is 99.1 Å². The monoisotopic (exact) mass is 247 g/mol. The molecule has 0 radical (unpaired) electrons. The van der Waals surface area contributed by atoms with Gasteiger partial charge in [-0.25, -0.2) is 0 Å². The van der Waals surface area contributed by atoms with Crippen LogP contribution >= 0.6 is 0 Å². The lowest BCUT2D eigenvalue weighted by molar-refractivity contribution is -0.122. The number of hydrogen-bond acceptors (Lipinski definition) is 4. The second-order valence-electron chi connectivity index (χ2n) is 4.03. The van der Waals surface area contributed by atoms with E-state index in [-0.39, 0.29) is 11.7 Å². The number of amides is 1. The van der Waals surface area contributed by atoms with Gasteiger partial charge in [-0.15, -0.1) is 0 Å². The number of phenolic OH excluding ortho intramolecular Hbond substituents is 1. The molecule has 0 heterocycles. The van der Waals surface area contributed by atoms with E-state index in [1.54, 1.807) is 24.3 Å². The van der Waals surface area contributed by atoms with Gasteiger partial charge in [-0.1, -0.05) is 12.1 Å². The van der Waals surface area contributed by atoms with Gasteiger partial charge >= 0.3 is 0 Å². The van der Waals surface area contributed by atoms with Gasteiger partial charge in [-0.3, -0.25) is 4.79 Å². The number of unbranched alkanes of at least 4 members (excludes halogenated alkanes) is 1. The summed E-state index contributed by atoms with van der Waals surface area (Å²) in [6.45, 7) is 0.468. The van der Waals surface area contributed by atoms with Crippen LogP contribution in [0.5, 0.6) is 5.75 Å². The standard InChI is InChI=1S/C13H17N3O2/c14-7-1-2-8-16-13(18)12(15)9-10-3-5-11(17)6-4-10/h3-6,12,17H,1-2,8-9,15H2,(H,16,18). The third-order valence-electron chi connectivity index (χ3n) is 2.49. The summed E-state index contributed by atoms with van der Waals surface area (Å²) in [4.78, 5) is 11.6. The highest BCUT2D eigenvalue weighted by molar-refractivity contribution is 5.81.